The third-order valence-corrected chi connectivity index (χ3v) is 5.48. The molecule has 1 aliphatic rings. The van der Waals surface area contributed by atoms with Gasteiger partial charge in [0.25, 0.3) is 5.91 Å². The van der Waals surface area contributed by atoms with Crippen molar-refractivity contribution in [2.75, 3.05) is 25.0 Å². The molecule has 0 radical (unpaired) electrons. The highest BCUT2D eigenvalue weighted by atomic mass is 16.2. The Morgan fingerprint density at radius 3 is 2.70 bits per heavy atom. The van der Waals surface area contributed by atoms with Crippen molar-refractivity contribution in [2.24, 2.45) is 5.92 Å². The maximum Gasteiger partial charge on any atom is 0.319 e. The van der Waals surface area contributed by atoms with E-state index in [9.17, 15) is 9.59 Å². The van der Waals surface area contributed by atoms with Gasteiger partial charge < -0.3 is 15.5 Å². The summed E-state index contributed by atoms with van der Waals surface area (Å²) in [6.07, 6.45) is 1.91. The number of urea groups is 1. The van der Waals surface area contributed by atoms with Crippen LogP contribution in [0.5, 0.6) is 0 Å². The summed E-state index contributed by atoms with van der Waals surface area (Å²) in [6.45, 7) is 3.89. The van der Waals surface area contributed by atoms with Gasteiger partial charge in [0.15, 0.2) is 0 Å². The average molecular weight is 402 g/mol. The second-order valence-corrected chi connectivity index (χ2v) is 7.85. The molecule has 2 heterocycles. The Morgan fingerprint density at radius 2 is 1.87 bits per heavy atom. The van der Waals surface area contributed by atoms with Crippen LogP contribution in [0.25, 0.3) is 10.9 Å². The first-order chi connectivity index (χ1) is 14.6. The molecule has 0 aliphatic carbocycles. The van der Waals surface area contributed by atoms with Gasteiger partial charge >= 0.3 is 6.03 Å². The van der Waals surface area contributed by atoms with E-state index in [0.717, 1.165) is 41.5 Å². The summed E-state index contributed by atoms with van der Waals surface area (Å²) in [5, 5.41) is 6.80. The molecule has 1 unspecified atom stereocenters. The van der Waals surface area contributed by atoms with Gasteiger partial charge in [-0.25, -0.2) is 9.78 Å². The number of piperidine rings is 1. The lowest BCUT2D eigenvalue weighted by Crippen LogP contribution is -2.44. The zero-order valence-electron chi connectivity index (χ0n) is 17.1. The molecule has 0 spiro atoms. The normalized spacial score (nSPS) is 16.3. The lowest BCUT2D eigenvalue weighted by Gasteiger charge is -2.32. The topological polar surface area (TPSA) is 74.3 Å². The molecule has 3 amide bonds. The lowest BCUT2D eigenvalue weighted by molar-refractivity contribution is 0.0669. The predicted molar refractivity (Wildman–Crippen MR) is 119 cm³/mol. The number of amides is 3. The quantitative estimate of drug-likeness (QED) is 0.686. The molecule has 2 N–H and O–H groups in total. The number of aryl methyl sites for hydroxylation is 1. The van der Waals surface area contributed by atoms with Gasteiger partial charge in [-0.05, 0) is 49.9 Å². The number of likely N-dealkylation sites (tertiary alicyclic amines) is 1. The molecule has 0 bridgehead atoms. The van der Waals surface area contributed by atoms with Crippen LogP contribution in [0.2, 0.25) is 0 Å². The Balaban J connectivity index is 1.32. The first-order valence-electron chi connectivity index (χ1n) is 10.3. The molecule has 6 nitrogen and oxygen atoms in total. The fourth-order valence-electron chi connectivity index (χ4n) is 3.81. The molecule has 30 heavy (non-hydrogen) atoms. The van der Waals surface area contributed by atoms with E-state index in [-0.39, 0.29) is 17.9 Å². The van der Waals surface area contributed by atoms with E-state index in [1.54, 1.807) is 6.07 Å². The van der Waals surface area contributed by atoms with Gasteiger partial charge in [0.05, 0.1) is 5.52 Å². The van der Waals surface area contributed by atoms with Gasteiger partial charge in [-0.15, -0.1) is 0 Å². The van der Waals surface area contributed by atoms with Crippen molar-refractivity contribution in [3.05, 3.63) is 71.9 Å². The summed E-state index contributed by atoms with van der Waals surface area (Å²) >= 11 is 0. The zero-order chi connectivity index (χ0) is 20.9. The van der Waals surface area contributed by atoms with Gasteiger partial charge in [0, 0.05) is 30.7 Å². The Morgan fingerprint density at radius 1 is 1.07 bits per heavy atom. The van der Waals surface area contributed by atoms with Gasteiger partial charge in [-0.2, -0.15) is 0 Å². The summed E-state index contributed by atoms with van der Waals surface area (Å²) in [6, 6.07) is 19.0. The van der Waals surface area contributed by atoms with Gasteiger partial charge in [0.2, 0.25) is 0 Å². The SMILES string of the molecule is Cc1ccc(NC(=O)NCC2CCCN(C(=O)c3ccc4ccccc4n3)C2)cc1. The molecular weight excluding hydrogens is 376 g/mol. The summed E-state index contributed by atoms with van der Waals surface area (Å²) in [5.41, 5.74) is 3.21. The number of aromatic nitrogens is 1. The second-order valence-electron chi connectivity index (χ2n) is 7.85. The molecule has 1 aromatic heterocycles. The fraction of sp³-hybridized carbons (Fsp3) is 0.292. The first-order valence-corrected chi connectivity index (χ1v) is 10.3. The minimum Gasteiger partial charge on any atom is -0.338 e. The summed E-state index contributed by atoms with van der Waals surface area (Å²) < 4.78 is 0. The highest BCUT2D eigenvalue weighted by molar-refractivity contribution is 5.95. The van der Waals surface area contributed by atoms with Crippen molar-refractivity contribution in [1.82, 2.24) is 15.2 Å². The fourth-order valence-corrected chi connectivity index (χ4v) is 3.81. The molecule has 3 aromatic rings. The Labute approximate surface area is 176 Å². The van der Waals surface area contributed by atoms with Crippen LogP contribution in [-0.2, 0) is 0 Å². The van der Waals surface area contributed by atoms with Gasteiger partial charge in [0.1, 0.15) is 5.69 Å². The highest BCUT2D eigenvalue weighted by Gasteiger charge is 2.25. The number of para-hydroxylation sites is 1. The largest absolute Gasteiger partial charge is 0.338 e. The summed E-state index contributed by atoms with van der Waals surface area (Å²) in [4.78, 5) is 31.5. The summed E-state index contributed by atoms with van der Waals surface area (Å²) in [5.74, 6) is 0.182. The Kier molecular flexibility index (Phi) is 5.93. The van der Waals surface area contributed by atoms with Gasteiger partial charge in [-0.1, -0.05) is 42.0 Å². The molecule has 1 fully saturated rings. The van der Waals surface area contributed by atoms with Gasteiger partial charge in [-0.3, -0.25) is 4.79 Å². The van der Waals surface area contributed by atoms with Crippen molar-refractivity contribution < 1.29 is 9.59 Å². The van der Waals surface area contributed by atoms with E-state index in [1.807, 2.05) is 66.4 Å². The number of pyridine rings is 1. The van der Waals surface area contributed by atoms with E-state index in [4.69, 9.17) is 0 Å². The molecule has 0 saturated carbocycles. The lowest BCUT2D eigenvalue weighted by atomic mass is 9.97. The number of benzene rings is 2. The summed E-state index contributed by atoms with van der Waals surface area (Å²) in [7, 11) is 0. The minimum absolute atomic E-state index is 0.0467. The monoisotopic (exact) mass is 402 g/mol. The zero-order valence-corrected chi connectivity index (χ0v) is 17.1. The van der Waals surface area contributed by atoms with Crippen LogP contribution in [-0.4, -0.2) is 41.5 Å². The third kappa shape index (κ3) is 4.76. The first kappa shape index (κ1) is 19.9. The van der Waals surface area contributed by atoms with Crippen molar-refractivity contribution in [2.45, 2.75) is 19.8 Å². The van der Waals surface area contributed by atoms with Crippen molar-refractivity contribution in [3.63, 3.8) is 0 Å². The molecule has 6 heteroatoms. The van der Waals surface area contributed by atoms with Crippen molar-refractivity contribution >= 4 is 28.5 Å². The number of nitrogens with one attached hydrogen (secondary N) is 2. The predicted octanol–water partition coefficient (Wildman–Crippen LogP) is 4.22. The van der Waals surface area contributed by atoms with Crippen LogP contribution in [0.1, 0.15) is 28.9 Å². The number of hydrogen-bond donors (Lipinski definition) is 2. The van der Waals surface area contributed by atoms with Crippen molar-refractivity contribution in [3.8, 4) is 0 Å². The van der Waals surface area contributed by atoms with Crippen LogP contribution < -0.4 is 10.6 Å². The molecule has 2 aromatic carbocycles. The molecule has 1 aliphatic heterocycles. The van der Waals surface area contributed by atoms with Crippen LogP contribution in [0.4, 0.5) is 10.5 Å². The van der Waals surface area contributed by atoms with Crippen molar-refractivity contribution in [1.29, 1.82) is 0 Å². The number of rotatable bonds is 4. The van der Waals surface area contributed by atoms with Crippen LogP contribution >= 0.6 is 0 Å². The minimum atomic E-state index is -0.224. The Hall–Kier alpha value is -3.41. The number of carbonyl (C=O) groups excluding carboxylic acids is 2. The second kappa shape index (κ2) is 8.95. The van der Waals surface area contributed by atoms with Crippen LogP contribution in [0.15, 0.2) is 60.7 Å². The standard InChI is InChI=1S/C24H26N4O2/c1-17-8-11-20(12-9-17)26-24(30)25-15-18-5-4-14-28(16-18)23(29)22-13-10-19-6-2-3-7-21(19)27-22/h2-3,6-13,18H,4-5,14-16H2,1H3,(H2,25,26,30). The molecular formula is C24H26N4O2. The number of anilines is 1. The van der Waals surface area contributed by atoms with E-state index >= 15 is 0 Å². The highest BCUT2D eigenvalue weighted by Crippen LogP contribution is 2.19. The molecule has 1 atom stereocenters. The van der Waals surface area contributed by atoms with E-state index in [2.05, 4.69) is 15.6 Å². The molecule has 1 saturated heterocycles. The number of fused-ring (bicyclic) bond motifs is 1. The maximum absolute atomic E-state index is 13.0. The molecule has 4 rings (SSSR count). The van der Waals surface area contributed by atoms with Crippen LogP contribution in [0.3, 0.4) is 0 Å². The molecule has 154 valence electrons. The Bertz CT molecular complexity index is 1050. The number of nitrogens with zero attached hydrogens (tertiary/aromatic N) is 2. The van der Waals surface area contributed by atoms with E-state index < -0.39 is 0 Å². The van der Waals surface area contributed by atoms with Crippen LogP contribution in [0, 0.1) is 12.8 Å². The third-order valence-electron chi connectivity index (χ3n) is 5.48. The van der Waals surface area contributed by atoms with E-state index in [0.29, 0.717) is 18.8 Å². The average Bonchev–Trinajstić information content (AvgIpc) is 2.78. The smallest absolute Gasteiger partial charge is 0.319 e. The number of hydrogen-bond acceptors (Lipinski definition) is 3. The van der Waals surface area contributed by atoms with E-state index in [1.165, 1.54) is 0 Å². The number of carbonyl (C=O) groups is 2. The maximum atomic E-state index is 13.0.